The van der Waals surface area contributed by atoms with Crippen molar-refractivity contribution in [1.29, 1.82) is 0 Å². The van der Waals surface area contributed by atoms with Gasteiger partial charge in [0.05, 0.1) is 5.75 Å². The number of carbonyl (C=O) groups excluding carboxylic acids is 1. The number of fused-ring (bicyclic) bond motifs is 3. The lowest BCUT2D eigenvalue weighted by Gasteiger charge is -2.14. The van der Waals surface area contributed by atoms with Crippen LogP contribution >= 0.6 is 0 Å². The molecule has 0 saturated heterocycles. The van der Waals surface area contributed by atoms with E-state index in [2.05, 4.69) is 43.1 Å². The first-order valence-corrected chi connectivity index (χ1v) is 12.7. The van der Waals surface area contributed by atoms with Gasteiger partial charge in [0.25, 0.3) is 10.1 Å². The Balaban J connectivity index is 0.000000451. The zero-order valence-corrected chi connectivity index (χ0v) is 19.9. The molecule has 0 unspecified atom stereocenters. The van der Waals surface area contributed by atoms with Gasteiger partial charge in [0.2, 0.25) is 0 Å². The molecule has 32 heavy (non-hydrogen) atoms. The minimum absolute atomic E-state index is 0.0176. The zero-order valence-electron chi connectivity index (χ0n) is 19.1. The molecule has 1 aliphatic carbocycles. The van der Waals surface area contributed by atoms with Crippen LogP contribution in [0.4, 0.5) is 4.79 Å². The number of amides is 1. The number of hydrogen-bond acceptors (Lipinski definition) is 5. The van der Waals surface area contributed by atoms with Crippen molar-refractivity contribution >= 4 is 16.2 Å². The average Bonchev–Trinajstić information content (AvgIpc) is 3.10. The molecule has 0 spiro atoms. The molecule has 2 aromatic rings. The number of benzene rings is 2. The van der Waals surface area contributed by atoms with Gasteiger partial charge in [-0.3, -0.25) is 4.55 Å². The van der Waals surface area contributed by atoms with Crippen LogP contribution in [-0.4, -0.2) is 62.5 Å². The summed E-state index contributed by atoms with van der Waals surface area (Å²) >= 11 is 0. The third-order valence-corrected chi connectivity index (χ3v) is 6.34. The van der Waals surface area contributed by atoms with E-state index in [0.717, 1.165) is 22.3 Å². The number of alkyl carbamates (subject to hydrolysis) is 1. The van der Waals surface area contributed by atoms with Crippen molar-refractivity contribution in [3.8, 4) is 11.1 Å². The van der Waals surface area contributed by atoms with E-state index in [4.69, 9.17) is 9.29 Å². The highest BCUT2D eigenvalue weighted by Crippen LogP contribution is 2.44. The second-order valence-electron chi connectivity index (χ2n) is 7.51. The number of ether oxygens (including phenoxy) is 1. The number of hydrogen-bond donors (Lipinski definition) is 2. The summed E-state index contributed by atoms with van der Waals surface area (Å²) in [6.45, 7) is 10.5. The van der Waals surface area contributed by atoms with Crippen molar-refractivity contribution in [2.45, 2.75) is 33.1 Å². The van der Waals surface area contributed by atoms with Gasteiger partial charge >= 0.3 is 6.09 Å². The van der Waals surface area contributed by atoms with Gasteiger partial charge in [-0.1, -0.05) is 69.3 Å². The maximum Gasteiger partial charge on any atom is 0.407 e. The Morgan fingerprint density at radius 1 is 0.969 bits per heavy atom. The van der Waals surface area contributed by atoms with Crippen LogP contribution in [0.1, 0.15) is 44.2 Å². The predicted octanol–water partition coefficient (Wildman–Crippen LogP) is 4.15. The summed E-state index contributed by atoms with van der Waals surface area (Å²) in [7, 11) is -4.01. The minimum atomic E-state index is -4.01. The van der Waals surface area contributed by atoms with E-state index < -0.39 is 22.0 Å². The summed E-state index contributed by atoms with van der Waals surface area (Å²) in [6, 6.07) is 16.1. The molecule has 2 N–H and O–H groups in total. The van der Waals surface area contributed by atoms with Gasteiger partial charge in [-0.15, -0.1) is 0 Å². The van der Waals surface area contributed by atoms with Crippen LogP contribution in [0.25, 0.3) is 11.1 Å². The van der Waals surface area contributed by atoms with Gasteiger partial charge in [-0.2, -0.15) is 8.42 Å². The molecule has 0 aromatic heterocycles. The zero-order chi connectivity index (χ0) is 23.6. The third kappa shape index (κ3) is 7.62. The fraction of sp³-hybridized carbons (Fsp3) is 0.458. The molecule has 0 radical (unpaired) electrons. The highest BCUT2D eigenvalue weighted by atomic mass is 32.2. The summed E-state index contributed by atoms with van der Waals surface area (Å²) in [6.07, 6.45) is -0.472. The monoisotopic (exact) mass is 462 g/mol. The van der Waals surface area contributed by atoms with Crippen LogP contribution in [-0.2, 0) is 14.9 Å². The van der Waals surface area contributed by atoms with Crippen molar-refractivity contribution in [3.05, 3.63) is 59.7 Å². The molecule has 176 valence electrons. The fourth-order valence-electron chi connectivity index (χ4n) is 3.77. The van der Waals surface area contributed by atoms with E-state index in [0.29, 0.717) is 0 Å². The van der Waals surface area contributed by atoms with Gasteiger partial charge in [0.1, 0.15) is 6.61 Å². The first-order chi connectivity index (χ1) is 15.3. The second-order valence-corrected chi connectivity index (χ2v) is 9.08. The topological polar surface area (TPSA) is 95.9 Å². The lowest BCUT2D eigenvalue weighted by molar-refractivity contribution is 0.143. The Kier molecular flexibility index (Phi) is 10.2. The molecule has 1 amide bonds. The van der Waals surface area contributed by atoms with Crippen molar-refractivity contribution < 1.29 is 22.5 Å². The lowest BCUT2D eigenvalue weighted by Crippen LogP contribution is -2.28. The van der Waals surface area contributed by atoms with E-state index in [-0.39, 0.29) is 25.5 Å². The minimum Gasteiger partial charge on any atom is -0.449 e. The molecular formula is C24H34N2O5S. The first kappa shape index (κ1) is 25.8. The lowest BCUT2D eigenvalue weighted by atomic mass is 9.98. The molecule has 1 aliphatic rings. The van der Waals surface area contributed by atoms with Gasteiger partial charge in [-0.05, 0) is 48.3 Å². The maximum atomic E-state index is 11.8. The van der Waals surface area contributed by atoms with E-state index >= 15 is 0 Å². The van der Waals surface area contributed by atoms with Crippen LogP contribution in [0.5, 0.6) is 0 Å². The van der Waals surface area contributed by atoms with Crippen molar-refractivity contribution in [2.24, 2.45) is 0 Å². The largest absolute Gasteiger partial charge is 0.449 e. The smallest absolute Gasteiger partial charge is 0.407 e. The van der Waals surface area contributed by atoms with Gasteiger partial charge in [0, 0.05) is 12.5 Å². The van der Waals surface area contributed by atoms with Crippen LogP contribution in [0.15, 0.2) is 48.5 Å². The Labute approximate surface area is 191 Å². The van der Waals surface area contributed by atoms with Crippen LogP contribution in [0.2, 0.25) is 0 Å². The van der Waals surface area contributed by atoms with Gasteiger partial charge < -0.3 is 15.0 Å². The Morgan fingerprint density at radius 3 is 1.91 bits per heavy atom. The summed E-state index contributed by atoms with van der Waals surface area (Å²) in [5, 5.41) is 2.49. The van der Waals surface area contributed by atoms with Crippen molar-refractivity contribution in [2.75, 3.05) is 38.5 Å². The molecule has 8 heteroatoms. The standard InChI is InChI=1S/C18H19NO5S.C6H15N/c20-18(19-10-5-11-25(21,22)23)24-12-17-15-8-3-1-6-13(15)14-7-2-4-9-16(14)17;1-4-7(5-2)6-3/h1-4,6-9,17H,5,10-12H2,(H,19,20)(H,21,22,23);4-6H2,1-3H3. The SMILES string of the molecule is CCN(CC)CC.O=C(NCCCS(=O)(=O)O)OCC1c2ccccc2-c2ccccc21. The number of nitrogens with zero attached hydrogens (tertiary/aromatic N) is 1. The predicted molar refractivity (Wildman–Crippen MR) is 128 cm³/mol. The Hall–Kier alpha value is -2.42. The van der Waals surface area contributed by atoms with Crippen molar-refractivity contribution in [3.63, 3.8) is 0 Å². The molecular weight excluding hydrogens is 428 g/mol. The highest BCUT2D eigenvalue weighted by molar-refractivity contribution is 7.85. The quantitative estimate of drug-likeness (QED) is 0.429. The van der Waals surface area contributed by atoms with Crippen LogP contribution in [0, 0.1) is 0 Å². The second kappa shape index (κ2) is 12.6. The summed E-state index contributed by atoms with van der Waals surface area (Å²) in [5.41, 5.74) is 4.56. The number of carbonyl (C=O) groups is 1. The summed E-state index contributed by atoms with van der Waals surface area (Å²) in [5.74, 6) is -0.410. The normalized spacial score (nSPS) is 12.5. The van der Waals surface area contributed by atoms with Gasteiger partial charge in [0.15, 0.2) is 0 Å². The number of rotatable bonds is 9. The molecule has 0 saturated carbocycles. The summed E-state index contributed by atoms with van der Waals surface area (Å²) < 4.78 is 35.2. The third-order valence-electron chi connectivity index (χ3n) is 5.53. The molecule has 0 bridgehead atoms. The molecule has 0 heterocycles. The van der Waals surface area contributed by atoms with Gasteiger partial charge in [-0.25, -0.2) is 4.79 Å². The average molecular weight is 463 g/mol. The Bertz CT molecular complexity index is 923. The first-order valence-electron chi connectivity index (χ1n) is 11.1. The molecule has 0 fully saturated rings. The Morgan fingerprint density at radius 2 is 1.47 bits per heavy atom. The molecule has 2 aromatic carbocycles. The fourth-order valence-corrected chi connectivity index (χ4v) is 4.27. The molecule has 0 atom stereocenters. The maximum absolute atomic E-state index is 11.8. The van der Waals surface area contributed by atoms with E-state index in [9.17, 15) is 13.2 Å². The molecule has 7 nitrogen and oxygen atoms in total. The van der Waals surface area contributed by atoms with Crippen LogP contribution in [0.3, 0.4) is 0 Å². The summed E-state index contributed by atoms with van der Waals surface area (Å²) in [4.78, 5) is 14.2. The molecule has 3 rings (SSSR count). The van der Waals surface area contributed by atoms with Crippen LogP contribution < -0.4 is 5.32 Å². The number of nitrogens with one attached hydrogen (secondary N) is 1. The van der Waals surface area contributed by atoms with E-state index in [1.807, 2.05) is 36.4 Å². The highest BCUT2D eigenvalue weighted by Gasteiger charge is 2.28. The molecule has 0 aliphatic heterocycles. The van der Waals surface area contributed by atoms with E-state index in [1.165, 1.54) is 19.6 Å². The van der Waals surface area contributed by atoms with Crippen molar-refractivity contribution in [1.82, 2.24) is 10.2 Å². The van der Waals surface area contributed by atoms with E-state index in [1.54, 1.807) is 0 Å².